The van der Waals surface area contributed by atoms with E-state index in [1.165, 1.54) is 11.1 Å². The van der Waals surface area contributed by atoms with Gasteiger partial charge >= 0.3 is 0 Å². The molecule has 64 valence electrons. The summed E-state index contributed by atoms with van der Waals surface area (Å²) >= 11 is 6.79. The fourth-order valence-corrected chi connectivity index (χ4v) is 1.53. The summed E-state index contributed by atoms with van der Waals surface area (Å²) in [6, 6.07) is 6.29. The third-order valence-electron chi connectivity index (χ3n) is 1.63. The molecule has 0 N–H and O–H groups in total. The summed E-state index contributed by atoms with van der Waals surface area (Å²) in [6.45, 7) is 2.11. The van der Waals surface area contributed by atoms with Gasteiger partial charge in [-0.25, -0.2) is 0 Å². The van der Waals surface area contributed by atoms with Crippen LogP contribution in [0.4, 0.5) is 0 Å². The Morgan fingerprint density at radius 2 is 2.17 bits per heavy atom. The van der Waals surface area contributed by atoms with Crippen LogP contribution in [0.15, 0.2) is 28.7 Å². The Bertz CT molecular complexity index is 290. The van der Waals surface area contributed by atoms with E-state index in [2.05, 4.69) is 69.1 Å². The monoisotopic (exact) mass is 288 g/mol. The van der Waals surface area contributed by atoms with Gasteiger partial charge < -0.3 is 0 Å². The van der Waals surface area contributed by atoms with E-state index >= 15 is 0 Å². The molecule has 12 heavy (non-hydrogen) atoms. The molecule has 0 aliphatic heterocycles. The summed E-state index contributed by atoms with van der Waals surface area (Å²) in [7, 11) is 0. The standard InChI is InChI=1S/C10H10Br2/c1-8-4-5-10(12)7-9(8)3-2-6-11/h2-5,7H,6H2,1H3. The average Bonchev–Trinajstić information content (AvgIpc) is 2.07. The Morgan fingerprint density at radius 3 is 2.83 bits per heavy atom. The van der Waals surface area contributed by atoms with E-state index in [4.69, 9.17) is 0 Å². The fourth-order valence-electron chi connectivity index (χ4n) is 0.962. The SMILES string of the molecule is Cc1ccc(Br)cc1C=CCBr. The third kappa shape index (κ3) is 2.76. The van der Waals surface area contributed by atoms with E-state index in [-0.39, 0.29) is 0 Å². The summed E-state index contributed by atoms with van der Waals surface area (Å²) in [5, 5.41) is 0.902. The minimum Gasteiger partial charge on any atom is -0.0883 e. The minimum atomic E-state index is 0.902. The lowest BCUT2D eigenvalue weighted by Crippen LogP contribution is -1.79. The van der Waals surface area contributed by atoms with Crippen molar-refractivity contribution in [2.45, 2.75) is 6.92 Å². The van der Waals surface area contributed by atoms with E-state index in [9.17, 15) is 0 Å². The maximum absolute atomic E-state index is 3.44. The van der Waals surface area contributed by atoms with Crippen molar-refractivity contribution in [3.63, 3.8) is 0 Å². The normalized spacial score (nSPS) is 10.9. The molecule has 0 saturated heterocycles. The Labute approximate surface area is 89.9 Å². The van der Waals surface area contributed by atoms with Gasteiger partial charge in [0, 0.05) is 9.80 Å². The number of hydrogen-bond acceptors (Lipinski definition) is 0. The van der Waals surface area contributed by atoms with Crippen LogP contribution in [0.5, 0.6) is 0 Å². The smallest absolute Gasteiger partial charge is 0.0215 e. The molecule has 2 heteroatoms. The molecule has 0 heterocycles. The predicted molar refractivity (Wildman–Crippen MR) is 61.7 cm³/mol. The number of benzene rings is 1. The van der Waals surface area contributed by atoms with E-state index < -0.39 is 0 Å². The molecule has 0 aromatic heterocycles. The lowest BCUT2D eigenvalue weighted by atomic mass is 10.1. The lowest BCUT2D eigenvalue weighted by Gasteiger charge is -1.99. The van der Waals surface area contributed by atoms with E-state index in [0.29, 0.717) is 0 Å². The molecular weight excluding hydrogens is 280 g/mol. The maximum atomic E-state index is 3.44. The van der Waals surface area contributed by atoms with Crippen molar-refractivity contribution < 1.29 is 0 Å². The van der Waals surface area contributed by atoms with Gasteiger partial charge in [-0.15, -0.1) is 0 Å². The van der Waals surface area contributed by atoms with Crippen molar-refractivity contribution in [1.29, 1.82) is 0 Å². The highest BCUT2D eigenvalue weighted by Crippen LogP contribution is 2.17. The van der Waals surface area contributed by atoms with E-state index in [1.807, 2.05) is 0 Å². The van der Waals surface area contributed by atoms with Crippen LogP contribution >= 0.6 is 31.9 Å². The van der Waals surface area contributed by atoms with Crippen molar-refractivity contribution in [2.75, 3.05) is 5.33 Å². The molecule has 0 fully saturated rings. The van der Waals surface area contributed by atoms with Crippen LogP contribution < -0.4 is 0 Å². The molecule has 0 amide bonds. The van der Waals surface area contributed by atoms with E-state index in [1.54, 1.807) is 0 Å². The van der Waals surface area contributed by atoms with Gasteiger partial charge in [0.1, 0.15) is 0 Å². The largest absolute Gasteiger partial charge is 0.0883 e. The quantitative estimate of drug-likeness (QED) is 0.717. The molecule has 0 saturated carbocycles. The molecule has 0 bridgehead atoms. The van der Waals surface area contributed by atoms with E-state index in [0.717, 1.165) is 9.80 Å². The highest BCUT2D eigenvalue weighted by Gasteiger charge is 1.93. The molecule has 1 aromatic carbocycles. The van der Waals surface area contributed by atoms with Crippen LogP contribution in [0, 0.1) is 6.92 Å². The van der Waals surface area contributed by atoms with Gasteiger partial charge in [-0.05, 0) is 30.2 Å². The minimum absolute atomic E-state index is 0.902. The molecule has 0 aliphatic rings. The van der Waals surface area contributed by atoms with Gasteiger partial charge in [0.2, 0.25) is 0 Å². The Morgan fingerprint density at radius 1 is 1.42 bits per heavy atom. The fraction of sp³-hybridized carbons (Fsp3) is 0.200. The van der Waals surface area contributed by atoms with Crippen molar-refractivity contribution in [1.82, 2.24) is 0 Å². The van der Waals surface area contributed by atoms with Gasteiger partial charge in [0.25, 0.3) is 0 Å². The summed E-state index contributed by atoms with van der Waals surface area (Å²) in [5.41, 5.74) is 2.57. The van der Waals surface area contributed by atoms with Gasteiger partial charge in [-0.1, -0.05) is 50.1 Å². The first-order valence-corrected chi connectivity index (χ1v) is 5.64. The maximum Gasteiger partial charge on any atom is 0.0215 e. The number of hydrogen-bond donors (Lipinski definition) is 0. The molecule has 1 rings (SSSR count). The molecule has 0 aliphatic carbocycles. The average molecular weight is 290 g/mol. The first kappa shape index (κ1) is 10.0. The Kier molecular flexibility index (Phi) is 4.02. The highest BCUT2D eigenvalue weighted by molar-refractivity contribution is 9.10. The first-order chi connectivity index (χ1) is 5.74. The summed E-state index contributed by atoms with van der Waals surface area (Å²) in [5.74, 6) is 0. The summed E-state index contributed by atoms with van der Waals surface area (Å²) in [4.78, 5) is 0. The Hall–Kier alpha value is -0.0800. The number of rotatable bonds is 2. The predicted octanol–water partition coefficient (Wildman–Crippen LogP) is 4.17. The van der Waals surface area contributed by atoms with Crippen LogP contribution in [0.3, 0.4) is 0 Å². The molecule has 0 radical (unpaired) electrons. The number of halogens is 2. The van der Waals surface area contributed by atoms with Crippen molar-refractivity contribution >= 4 is 37.9 Å². The van der Waals surface area contributed by atoms with Gasteiger partial charge in [-0.2, -0.15) is 0 Å². The topological polar surface area (TPSA) is 0 Å². The Balaban J connectivity index is 2.97. The number of aryl methyl sites for hydroxylation is 1. The molecule has 0 nitrogen and oxygen atoms in total. The van der Waals surface area contributed by atoms with Crippen LogP contribution in [0.25, 0.3) is 6.08 Å². The highest BCUT2D eigenvalue weighted by atomic mass is 79.9. The number of allylic oxidation sites excluding steroid dienone is 1. The lowest BCUT2D eigenvalue weighted by molar-refractivity contribution is 1.43. The zero-order valence-electron chi connectivity index (χ0n) is 6.85. The second kappa shape index (κ2) is 4.83. The number of alkyl halides is 1. The summed E-state index contributed by atoms with van der Waals surface area (Å²) in [6.07, 6.45) is 4.21. The zero-order valence-corrected chi connectivity index (χ0v) is 10.0. The van der Waals surface area contributed by atoms with Crippen LogP contribution in [0.1, 0.15) is 11.1 Å². The second-order valence-electron chi connectivity index (χ2n) is 2.56. The molecule has 1 aromatic rings. The first-order valence-electron chi connectivity index (χ1n) is 3.72. The summed E-state index contributed by atoms with van der Waals surface area (Å²) < 4.78 is 1.13. The second-order valence-corrected chi connectivity index (χ2v) is 4.12. The van der Waals surface area contributed by atoms with Crippen molar-refractivity contribution in [3.05, 3.63) is 39.9 Å². The van der Waals surface area contributed by atoms with Crippen LogP contribution in [0.2, 0.25) is 0 Å². The molecule has 0 spiro atoms. The van der Waals surface area contributed by atoms with Crippen LogP contribution in [-0.2, 0) is 0 Å². The van der Waals surface area contributed by atoms with Gasteiger partial charge in [0.05, 0.1) is 0 Å². The third-order valence-corrected chi connectivity index (χ3v) is 2.49. The van der Waals surface area contributed by atoms with Crippen molar-refractivity contribution in [2.24, 2.45) is 0 Å². The van der Waals surface area contributed by atoms with Crippen molar-refractivity contribution in [3.8, 4) is 0 Å². The van der Waals surface area contributed by atoms with Gasteiger partial charge in [-0.3, -0.25) is 0 Å². The van der Waals surface area contributed by atoms with Crippen LogP contribution in [-0.4, -0.2) is 5.33 Å². The molecule has 0 atom stereocenters. The zero-order chi connectivity index (χ0) is 8.97. The molecule has 0 unspecified atom stereocenters. The molecular formula is C10H10Br2. The van der Waals surface area contributed by atoms with Gasteiger partial charge in [0.15, 0.2) is 0 Å².